The molecule has 0 atom stereocenters. The number of esters is 2. The average Bonchev–Trinajstić information content (AvgIpc) is 2.29. The van der Waals surface area contributed by atoms with Crippen LogP contribution in [0.1, 0.15) is 53.4 Å². The molecular formula is C14H28O4Sn. The van der Waals surface area contributed by atoms with E-state index in [-0.39, 0.29) is 35.8 Å². The zero-order valence-corrected chi connectivity index (χ0v) is 16.8. The van der Waals surface area contributed by atoms with Gasteiger partial charge in [-0.05, 0) is 24.7 Å². The van der Waals surface area contributed by atoms with Crippen LogP contribution in [0.15, 0.2) is 0 Å². The zero-order valence-electron chi connectivity index (χ0n) is 12.7. The second-order valence-electron chi connectivity index (χ2n) is 5.36. The Hall–Kier alpha value is -0.261. The van der Waals surface area contributed by atoms with Crippen LogP contribution in [0, 0.1) is 11.8 Å². The van der Waals surface area contributed by atoms with Crippen LogP contribution in [-0.4, -0.2) is 49.1 Å². The molecule has 19 heavy (non-hydrogen) atoms. The number of carbonyl (C=O) groups excluding carboxylic acids is 2. The van der Waals surface area contributed by atoms with Crippen molar-refractivity contribution in [3.63, 3.8) is 0 Å². The van der Waals surface area contributed by atoms with Gasteiger partial charge in [0, 0.05) is 12.8 Å². The molecule has 0 amide bonds. The summed E-state index contributed by atoms with van der Waals surface area (Å²) >= 11 is 0. The molecule has 0 N–H and O–H groups in total. The van der Waals surface area contributed by atoms with Crippen molar-refractivity contribution in [3.05, 3.63) is 0 Å². The van der Waals surface area contributed by atoms with Crippen molar-refractivity contribution in [2.75, 3.05) is 13.2 Å². The Labute approximate surface area is 133 Å². The molecule has 0 saturated heterocycles. The molecule has 0 aliphatic carbocycles. The molecule has 2 radical (unpaired) electrons. The fraction of sp³-hybridized carbons (Fsp3) is 0.857. The second kappa shape index (κ2) is 12.8. The molecule has 5 heteroatoms. The fourth-order valence-corrected chi connectivity index (χ4v) is 1.20. The predicted octanol–water partition coefficient (Wildman–Crippen LogP) is 2.03. The maximum atomic E-state index is 11.3. The molecule has 0 aromatic heterocycles. The van der Waals surface area contributed by atoms with Gasteiger partial charge in [-0.25, -0.2) is 0 Å². The van der Waals surface area contributed by atoms with Gasteiger partial charge in [-0.2, -0.15) is 0 Å². The zero-order chi connectivity index (χ0) is 14.0. The van der Waals surface area contributed by atoms with Crippen LogP contribution in [0.4, 0.5) is 0 Å². The Balaban J connectivity index is 0. The maximum absolute atomic E-state index is 11.3. The van der Waals surface area contributed by atoms with Gasteiger partial charge < -0.3 is 9.47 Å². The Kier molecular flexibility index (Phi) is 14.1. The number of ether oxygens (including phenoxy) is 2. The molecule has 0 aliphatic heterocycles. The summed E-state index contributed by atoms with van der Waals surface area (Å²) in [5.74, 6) is 0.360. The molecule has 4 nitrogen and oxygen atoms in total. The van der Waals surface area contributed by atoms with Gasteiger partial charge in [0.25, 0.3) is 0 Å². The summed E-state index contributed by atoms with van der Waals surface area (Å²) in [6.45, 7) is 8.93. The van der Waals surface area contributed by atoms with E-state index in [1.165, 1.54) is 0 Å². The minimum atomic E-state index is -0.181. The van der Waals surface area contributed by atoms with Crippen LogP contribution in [0.5, 0.6) is 0 Å². The molecule has 0 rings (SSSR count). The predicted molar refractivity (Wildman–Crippen MR) is 78.6 cm³/mol. The van der Waals surface area contributed by atoms with Gasteiger partial charge in [0.2, 0.25) is 0 Å². The molecule has 0 saturated carbocycles. The summed E-state index contributed by atoms with van der Waals surface area (Å²) in [6.07, 6.45) is 2.11. The molecule has 0 aromatic rings. The number of rotatable bonds is 9. The van der Waals surface area contributed by atoms with Crippen LogP contribution < -0.4 is 0 Å². The van der Waals surface area contributed by atoms with Crippen LogP contribution in [0.25, 0.3) is 0 Å². The quantitative estimate of drug-likeness (QED) is 0.350. The Morgan fingerprint density at radius 3 is 1.37 bits per heavy atom. The first kappa shape index (κ1) is 21.0. The Bertz CT molecular complexity index is 226. The number of hydrogen-bond donors (Lipinski definition) is 0. The van der Waals surface area contributed by atoms with Crippen LogP contribution in [0.3, 0.4) is 0 Å². The average molecular weight is 379 g/mol. The summed E-state index contributed by atoms with van der Waals surface area (Å²) in [5, 5.41) is 0. The fourth-order valence-electron chi connectivity index (χ4n) is 1.20. The number of hydrogen-bond acceptors (Lipinski definition) is 4. The standard InChI is InChI=1S/C14H26O4.Sn.2H/c1-11(2)9-17-13(15)7-5-6-8-14(16)18-10-12(3)4;;;/h11-12H,5-10H2,1-4H3;;;. The summed E-state index contributed by atoms with van der Waals surface area (Å²) in [4.78, 5) is 22.5. The minimum absolute atomic E-state index is 0. The van der Waals surface area contributed by atoms with E-state index in [2.05, 4.69) is 0 Å². The van der Waals surface area contributed by atoms with Crippen molar-refractivity contribution in [3.8, 4) is 0 Å². The van der Waals surface area contributed by atoms with Crippen molar-refractivity contribution in [2.45, 2.75) is 53.4 Å². The summed E-state index contributed by atoms with van der Waals surface area (Å²) in [5.41, 5.74) is 0. The molecule has 0 heterocycles. The third kappa shape index (κ3) is 15.7. The summed E-state index contributed by atoms with van der Waals surface area (Å²) in [7, 11) is 0. The second-order valence-corrected chi connectivity index (χ2v) is 5.36. The van der Waals surface area contributed by atoms with Crippen LogP contribution >= 0.6 is 0 Å². The molecule has 0 aliphatic rings. The molecule has 0 spiro atoms. The monoisotopic (exact) mass is 380 g/mol. The Morgan fingerprint density at radius 1 is 0.789 bits per heavy atom. The van der Waals surface area contributed by atoms with Gasteiger partial charge in [0.15, 0.2) is 0 Å². The van der Waals surface area contributed by atoms with E-state index >= 15 is 0 Å². The van der Waals surface area contributed by atoms with E-state index in [9.17, 15) is 9.59 Å². The van der Waals surface area contributed by atoms with Gasteiger partial charge in [-0.15, -0.1) is 0 Å². The van der Waals surface area contributed by atoms with Crippen molar-refractivity contribution >= 4 is 35.8 Å². The third-order valence-corrected chi connectivity index (χ3v) is 2.17. The molecule has 0 aromatic carbocycles. The SMILES string of the molecule is CC(C)COC(=O)CCCCC(=O)OCC(C)C.[SnH2]. The molecule has 0 fully saturated rings. The molecule has 112 valence electrons. The third-order valence-electron chi connectivity index (χ3n) is 2.17. The first-order chi connectivity index (χ1) is 8.41. The Morgan fingerprint density at radius 2 is 1.11 bits per heavy atom. The van der Waals surface area contributed by atoms with Gasteiger partial charge in [0.1, 0.15) is 0 Å². The van der Waals surface area contributed by atoms with E-state index in [4.69, 9.17) is 9.47 Å². The van der Waals surface area contributed by atoms with E-state index in [1.807, 2.05) is 27.7 Å². The van der Waals surface area contributed by atoms with Gasteiger partial charge >= 0.3 is 35.8 Å². The number of carbonyl (C=O) groups is 2. The first-order valence-electron chi connectivity index (χ1n) is 6.73. The van der Waals surface area contributed by atoms with Crippen molar-refractivity contribution in [2.24, 2.45) is 11.8 Å². The van der Waals surface area contributed by atoms with Gasteiger partial charge in [-0.1, -0.05) is 27.7 Å². The molecular weight excluding hydrogens is 351 g/mol. The van der Waals surface area contributed by atoms with E-state index in [1.54, 1.807) is 0 Å². The normalized spacial score (nSPS) is 10.2. The first-order valence-corrected chi connectivity index (χ1v) is 6.73. The van der Waals surface area contributed by atoms with Crippen molar-refractivity contribution in [1.82, 2.24) is 0 Å². The van der Waals surface area contributed by atoms with E-state index in [0.717, 1.165) is 0 Å². The number of unbranched alkanes of at least 4 members (excludes halogenated alkanes) is 1. The summed E-state index contributed by atoms with van der Waals surface area (Å²) < 4.78 is 10.1. The van der Waals surface area contributed by atoms with Crippen molar-refractivity contribution < 1.29 is 19.1 Å². The van der Waals surface area contributed by atoms with Gasteiger partial charge in [-0.3, -0.25) is 9.59 Å². The topological polar surface area (TPSA) is 52.6 Å². The van der Waals surface area contributed by atoms with Crippen molar-refractivity contribution in [1.29, 1.82) is 0 Å². The van der Waals surface area contributed by atoms with Crippen LogP contribution in [0.2, 0.25) is 0 Å². The molecule has 0 unspecified atom stereocenters. The summed E-state index contributed by atoms with van der Waals surface area (Å²) in [6, 6.07) is 0. The van der Waals surface area contributed by atoms with E-state index in [0.29, 0.717) is 50.7 Å². The molecule has 0 bridgehead atoms. The van der Waals surface area contributed by atoms with Gasteiger partial charge in [0.05, 0.1) is 13.2 Å². The van der Waals surface area contributed by atoms with E-state index < -0.39 is 0 Å². The van der Waals surface area contributed by atoms with Crippen LogP contribution in [-0.2, 0) is 19.1 Å².